The summed E-state index contributed by atoms with van der Waals surface area (Å²) in [5.74, 6) is -0.690. The highest BCUT2D eigenvalue weighted by Gasteiger charge is 2.13. The van der Waals surface area contributed by atoms with E-state index >= 15 is 0 Å². The molecule has 22 heavy (non-hydrogen) atoms. The Balaban J connectivity index is 2.87. The molecule has 120 valence electrons. The van der Waals surface area contributed by atoms with Crippen LogP contribution in [0.2, 0.25) is 0 Å². The van der Waals surface area contributed by atoms with Crippen LogP contribution >= 0.6 is 0 Å². The predicted molar refractivity (Wildman–Crippen MR) is 87.2 cm³/mol. The molecule has 0 aromatic heterocycles. The Morgan fingerprint density at radius 3 is 2.41 bits per heavy atom. The van der Waals surface area contributed by atoms with E-state index in [1.54, 1.807) is 0 Å². The van der Waals surface area contributed by atoms with E-state index in [4.69, 9.17) is 4.74 Å². The van der Waals surface area contributed by atoms with Gasteiger partial charge in [-0.2, -0.15) is 0 Å². The molecule has 0 unspecified atom stereocenters. The van der Waals surface area contributed by atoms with E-state index in [1.807, 2.05) is 13.0 Å². The van der Waals surface area contributed by atoms with Gasteiger partial charge in [-0.05, 0) is 46.1 Å². The average Bonchev–Trinajstić information content (AvgIpc) is 2.39. The Morgan fingerprint density at radius 1 is 1.14 bits per heavy atom. The van der Waals surface area contributed by atoms with Gasteiger partial charge in [-0.1, -0.05) is 23.3 Å². The molecule has 1 aromatic rings. The lowest BCUT2D eigenvalue weighted by atomic mass is 10.0. The highest BCUT2D eigenvalue weighted by molar-refractivity contribution is 5.71. The van der Waals surface area contributed by atoms with Gasteiger partial charge in [0.25, 0.3) is 0 Å². The Hall–Kier alpha value is -2.23. The topological polar surface area (TPSA) is 66.8 Å². The van der Waals surface area contributed by atoms with Crippen molar-refractivity contribution >= 4 is 5.97 Å². The summed E-state index contributed by atoms with van der Waals surface area (Å²) in [5.41, 5.74) is 3.08. The molecule has 2 N–H and O–H groups in total. The van der Waals surface area contributed by atoms with Crippen molar-refractivity contribution in [3.63, 3.8) is 0 Å². The number of carbonyl (C=O) groups excluding carboxylic acids is 1. The summed E-state index contributed by atoms with van der Waals surface area (Å²) in [6, 6.07) is 2.66. The van der Waals surface area contributed by atoms with E-state index in [1.165, 1.54) is 24.1 Å². The van der Waals surface area contributed by atoms with Crippen molar-refractivity contribution in [3.05, 3.63) is 41.0 Å². The first-order valence-electron chi connectivity index (χ1n) is 7.32. The second-order valence-electron chi connectivity index (χ2n) is 5.62. The van der Waals surface area contributed by atoms with Crippen molar-refractivity contribution in [2.75, 3.05) is 0 Å². The van der Waals surface area contributed by atoms with E-state index < -0.39 is 5.97 Å². The number of allylic oxidation sites excluding steroid dienone is 4. The lowest BCUT2D eigenvalue weighted by Crippen LogP contribution is -2.04. The number of phenols is 2. The molecule has 0 bridgehead atoms. The second kappa shape index (κ2) is 8.27. The average molecular weight is 304 g/mol. The highest BCUT2D eigenvalue weighted by atomic mass is 16.5. The number of carbonyl (C=O) groups is 1. The van der Waals surface area contributed by atoms with Crippen LogP contribution in [0.3, 0.4) is 0 Å². The zero-order valence-corrected chi connectivity index (χ0v) is 13.6. The molecule has 0 spiro atoms. The van der Waals surface area contributed by atoms with Crippen LogP contribution in [0.5, 0.6) is 17.2 Å². The van der Waals surface area contributed by atoms with Crippen LogP contribution in [-0.4, -0.2) is 16.2 Å². The SMILES string of the molecule is CC(=O)Oc1c(O)cc(O)cc1CC=C(C)CCC=C(C)C. The molecular formula is C18H24O4. The Morgan fingerprint density at radius 2 is 1.82 bits per heavy atom. The fourth-order valence-electron chi connectivity index (χ4n) is 2.04. The summed E-state index contributed by atoms with van der Waals surface area (Å²) < 4.78 is 5.04. The van der Waals surface area contributed by atoms with Crippen molar-refractivity contribution in [1.82, 2.24) is 0 Å². The van der Waals surface area contributed by atoms with Gasteiger partial charge < -0.3 is 14.9 Å². The van der Waals surface area contributed by atoms with Crippen molar-refractivity contribution in [2.45, 2.75) is 47.0 Å². The molecule has 0 aliphatic heterocycles. The van der Waals surface area contributed by atoms with Gasteiger partial charge in [-0.3, -0.25) is 4.79 Å². The molecule has 0 aliphatic carbocycles. The van der Waals surface area contributed by atoms with Gasteiger partial charge in [-0.15, -0.1) is 0 Å². The predicted octanol–water partition coefficient (Wildman–Crippen LogP) is 4.26. The van der Waals surface area contributed by atoms with Crippen LogP contribution in [0.15, 0.2) is 35.4 Å². The quantitative estimate of drug-likeness (QED) is 0.468. The fourth-order valence-corrected chi connectivity index (χ4v) is 2.04. The van der Waals surface area contributed by atoms with Gasteiger partial charge >= 0.3 is 5.97 Å². The number of ether oxygens (including phenoxy) is 1. The van der Waals surface area contributed by atoms with Crippen LogP contribution in [0.4, 0.5) is 0 Å². The minimum absolute atomic E-state index is 0.0565. The van der Waals surface area contributed by atoms with Crippen molar-refractivity contribution in [2.24, 2.45) is 0 Å². The summed E-state index contributed by atoms with van der Waals surface area (Å²) in [4.78, 5) is 11.1. The van der Waals surface area contributed by atoms with Gasteiger partial charge in [0, 0.05) is 18.6 Å². The summed E-state index contributed by atoms with van der Waals surface area (Å²) >= 11 is 0. The summed E-state index contributed by atoms with van der Waals surface area (Å²) in [7, 11) is 0. The monoisotopic (exact) mass is 304 g/mol. The molecule has 0 atom stereocenters. The van der Waals surface area contributed by atoms with Crippen LogP contribution in [0.25, 0.3) is 0 Å². The molecule has 0 amide bonds. The van der Waals surface area contributed by atoms with Gasteiger partial charge in [0.15, 0.2) is 11.5 Å². The molecule has 1 aromatic carbocycles. The van der Waals surface area contributed by atoms with E-state index in [0.29, 0.717) is 12.0 Å². The van der Waals surface area contributed by atoms with E-state index in [-0.39, 0.29) is 17.2 Å². The van der Waals surface area contributed by atoms with Gasteiger partial charge in [-0.25, -0.2) is 0 Å². The zero-order valence-electron chi connectivity index (χ0n) is 13.6. The van der Waals surface area contributed by atoms with Crippen LogP contribution in [0, 0.1) is 0 Å². The smallest absolute Gasteiger partial charge is 0.308 e. The van der Waals surface area contributed by atoms with Crippen molar-refractivity contribution < 1.29 is 19.7 Å². The van der Waals surface area contributed by atoms with E-state index in [0.717, 1.165) is 18.9 Å². The van der Waals surface area contributed by atoms with Crippen LogP contribution < -0.4 is 4.74 Å². The molecular weight excluding hydrogens is 280 g/mol. The second-order valence-corrected chi connectivity index (χ2v) is 5.62. The normalized spacial score (nSPS) is 11.2. The summed E-state index contributed by atoms with van der Waals surface area (Å²) in [6.45, 7) is 7.45. The minimum Gasteiger partial charge on any atom is -0.508 e. The number of esters is 1. The summed E-state index contributed by atoms with van der Waals surface area (Å²) in [6.07, 6.45) is 6.60. The van der Waals surface area contributed by atoms with E-state index in [9.17, 15) is 15.0 Å². The molecule has 0 saturated heterocycles. The van der Waals surface area contributed by atoms with Gasteiger partial charge in [0.2, 0.25) is 0 Å². The highest BCUT2D eigenvalue weighted by Crippen LogP contribution is 2.35. The van der Waals surface area contributed by atoms with Crippen molar-refractivity contribution in [3.8, 4) is 17.2 Å². The Bertz CT molecular complexity index is 593. The van der Waals surface area contributed by atoms with Gasteiger partial charge in [0.1, 0.15) is 5.75 Å². The van der Waals surface area contributed by atoms with E-state index in [2.05, 4.69) is 19.9 Å². The summed E-state index contributed by atoms with van der Waals surface area (Å²) in [5, 5.41) is 19.4. The third-order valence-electron chi connectivity index (χ3n) is 3.14. The lowest BCUT2D eigenvalue weighted by Gasteiger charge is -2.10. The zero-order chi connectivity index (χ0) is 16.7. The first-order valence-corrected chi connectivity index (χ1v) is 7.32. The Kier molecular flexibility index (Phi) is 6.70. The molecule has 0 heterocycles. The molecule has 4 heteroatoms. The number of benzene rings is 1. The Labute approximate surface area is 131 Å². The number of rotatable bonds is 6. The molecule has 0 saturated carbocycles. The number of hydrogen-bond acceptors (Lipinski definition) is 4. The maximum Gasteiger partial charge on any atom is 0.308 e. The number of phenolic OH excluding ortho intramolecular Hbond substituents is 2. The van der Waals surface area contributed by atoms with Crippen LogP contribution in [-0.2, 0) is 11.2 Å². The maximum absolute atomic E-state index is 11.1. The van der Waals surface area contributed by atoms with Crippen LogP contribution in [0.1, 0.15) is 46.1 Å². The number of aromatic hydroxyl groups is 2. The first-order chi connectivity index (χ1) is 10.3. The minimum atomic E-state index is -0.508. The molecule has 4 nitrogen and oxygen atoms in total. The van der Waals surface area contributed by atoms with Crippen molar-refractivity contribution in [1.29, 1.82) is 0 Å². The third-order valence-corrected chi connectivity index (χ3v) is 3.14. The fraction of sp³-hybridized carbons (Fsp3) is 0.389. The largest absolute Gasteiger partial charge is 0.508 e. The molecule has 0 fully saturated rings. The van der Waals surface area contributed by atoms with Gasteiger partial charge in [0.05, 0.1) is 0 Å². The standard InChI is InChI=1S/C18H24O4/c1-12(2)6-5-7-13(3)8-9-15-10-16(20)11-17(21)18(15)22-14(4)19/h6,8,10-11,20-21H,5,7,9H2,1-4H3. The lowest BCUT2D eigenvalue weighted by molar-refractivity contribution is -0.132. The molecule has 0 radical (unpaired) electrons. The molecule has 1 rings (SSSR count). The maximum atomic E-state index is 11.1. The first kappa shape index (κ1) is 17.8. The molecule has 0 aliphatic rings. The number of hydrogen-bond donors (Lipinski definition) is 2. The third kappa shape index (κ3) is 6.04.